The van der Waals surface area contributed by atoms with Crippen LogP contribution in [0.1, 0.15) is 125 Å². The van der Waals surface area contributed by atoms with Gasteiger partial charge in [0.05, 0.1) is 0 Å². The van der Waals surface area contributed by atoms with Gasteiger partial charge in [0, 0.05) is 0 Å². The predicted molar refractivity (Wildman–Crippen MR) is 154 cm³/mol. The van der Waals surface area contributed by atoms with Gasteiger partial charge in [0.2, 0.25) is 0 Å². The summed E-state index contributed by atoms with van der Waals surface area (Å²) in [4.78, 5) is 0. The van der Waals surface area contributed by atoms with E-state index in [1.165, 1.54) is 0 Å². The van der Waals surface area contributed by atoms with Crippen molar-refractivity contribution in [2.24, 2.45) is 10.8 Å². The van der Waals surface area contributed by atoms with Crippen LogP contribution in [0.3, 0.4) is 0 Å². The molecule has 0 N–H and O–H groups in total. The van der Waals surface area contributed by atoms with Crippen LogP contribution in [0.2, 0.25) is 16.9 Å². The van der Waals surface area contributed by atoms with Crippen molar-refractivity contribution in [2.75, 3.05) is 0 Å². The van der Waals surface area contributed by atoms with Crippen molar-refractivity contribution in [3.8, 4) is 0 Å². The molecule has 1 heterocycles. The Balaban J connectivity index is 4.30. The minimum absolute atomic E-state index is 0.278. The average molecular weight is 664 g/mol. The number of halogens is 2. The van der Waals surface area contributed by atoms with E-state index in [0.29, 0.717) is 0 Å². The van der Waals surface area contributed by atoms with Crippen molar-refractivity contribution in [1.82, 2.24) is 0 Å². The van der Waals surface area contributed by atoms with Crippen LogP contribution in [0, 0.1) is 10.8 Å². The van der Waals surface area contributed by atoms with Crippen LogP contribution < -0.4 is 0 Å². The van der Waals surface area contributed by atoms with Crippen molar-refractivity contribution in [1.29, 1.82) is 0 Å². The molecule has 2 unspecified atom stereocenters. The van der Waals surface area contributed by atoms with Crippen molar-refractivity contribution < 1.29 is 14.4 Å². The van der Waals surface area contributed by atoms with E-state index in [1.54, 1.807) is 0 Å². The van der Waals surface area contributed by atoms with Gasteiger partial charge in [-0.15, -0.1) is 0 Å². The Morgan fingerprint density at radius 2 is 0.735 bits per heavy atom. The summed E-state index contributed by atoms with van der Waals surface area (Å²) in [6.07, 6.45) is 0. The van der Waals surface area contributed by atoms with Gasteiger partial charge >= 0.3 is 230 Å². The molecule has 4 nitrogen and oxygen atoms in total. The van der Waals surface area contributed by atoms with Crippen LogP contribution in [0.15, 0.2) is 0 Å². The van der Waals surface area contributed by atoms with E-state index < -0.39 is 61.6 Å². The SMILES string of the molecule is CC(C)(C)C1(C(C)(C)C)O[Si](Cl)(C(C)(C)C)[O][Sn]([C](C)(C)C)([C](C)(C)C)[O][Si](Cl)(C(C)(C)C)O1. The maximum absolute atomic E-state index is 7.69. The van der Waals surface area contributed by atoms with E-state index in [-0.39, 0.29) is 6.86 Å². The molecule has 0 spiro atoms. The Morgan fingerprint density at radius 1 is 0.500 bits per heavy atom. The van der Waals surface area contributed by atoms with Gasteiger partial charge in [-0.05, 0) is 0 Å². The standard InChI is InChI=1S/C17H36Cl2O4Si2.2C4H9.Sn/c1-13(2,3)17(14(4,5)6,22-24(18,20)15(7,8)9)23-25(19,21)16(10,11)12;2*1-4(2)3;/h1-12H3;2*1-3H3;/q-2;;;+2. The summed E-state index contributed by atoms with van der Waals surface area (Å²) in [6, 6.07) is 0. The van der Waals surface area contributed by atoms with E-state index in [2.05, 4.69) is 125 Å². The second-order valence-electron chi connectivity index (χ2n) is 16.2. The Bertz CT molecular complexity index is 640. The molecule has 1 rings (SSSR count). The van der Waals surface area contributed by atoms with Gasteiger partial charge < -0.3 is 0 Å². The normalized spacial score (nSPS) is 30.0. The first-order valence-electron chi connectivity index (χ1n) is 12.5. The van der Waals surface area contributed by atoms with E-state index in [9.17, 15) is 0 Å². The fourth-order valence-electron chi connectivity index (χ4n) is 4.91. The molecule has 1 saturated heterocycles. The van der Waals surface area contributed by atoms with E-state index >= 15 is 0 Å². The van der Waals surface area contributed by atoms with Crippen LogP contribution in [-0.2, 0) is 14.4 Å². The Morgan fingerprint density at radius 3 is 0.882 bits per heavy atom. The molecule has 0 radical (unpaired) electrons. The Kier molecular flexibility index (Phi) is 9.02. The van der Waals surface area contributed by atoms with Gasteiger partial charge in [-0.3, -0.25) is 0 Å². The molecule has 0 bridgehead atoms. The van der Waals surface area contributed by atoms with E-state index in [4.69, 9.17) is 36.5 Å². The zero-order valence-corrected chi connectivity index (χ0v) is 31.8. The first kappa shape index (κ1) is 33.7. The second-order valence-corrected chi connectivity index (χ2v) is 40.7. The molecule has 9 heteroatoms. The second kappa shape index (κ2) is 9.10. The third-order valence-electron chi connectivity index (χ3n) is 6.84. The van der Waals surface area contributed by atoms with Gasteiger partial charge in [-0.25, -0.2) is 0 Å². The molecule has 1 fully saturated rings. The molecule has 0 saturated carbocycles. The summed E-state index contributed by atoms with van der Waals surface area (Å²) in [5.41, 5.74) is -0.929. The molecule has 0 aromatic heterocycles. The zero-order chi connectivity index (χ0) is 27.8. The van der Waals surface area contributed by atoms with E-state index in [1.807, 2.05) is 0 Å². The molecule has 0 aromatic carbocycles. The van der Waals surface area contributed by atoms with Gasteiger partial charge in [-0.1, -0.05) is 0 Å². The van der Waals surface area contributed by atoms with Crippen molar-refractivity contribution in [2.45, 2.75) is 147 Å². The quantitative estimate of drug-likeness (QED) is 0.191. The first-order valence-corrected chi connectivity index (χ1v) is 23.4. The third kappa shape index (κ3) is 5.66. The fourth-order valence-corrected chi connectivity index (χ4v) is 45.8. The van der Waals surface area contributed by atoms with Crippen LogP contribution >= 0.6 is 22.2 Å². The Labute approximate surface area is 228 Å². The summed E-state index contributed by atoms with van der Waals surface area (Å²) in [6.45, 7) is 38.7. The van der Waals surface area contributed by atoms with Gasteiger partial charge in [0.1, 0.15) is 0 Å². The van der Waals surface area contributed by atoms with Crippen molar-refractivity contribution in [3.63, 3.8) is 0 Å². The van der Waals surface area contributed by atoms with Crippen LogP contribution in [0.4, 0.5) is 0 Å². The van der Waals surface area contributed by atoms with Gasteiger partial charge in [0.15, 0.2) is 0 Å². The number of hydrogen-bond donors (Lipinski definition) is 0. The molecule has 34 heavy (non-hydrogen) atoms. The zero-order valence-electron chi connectivity index (χ0n) is 25.4. The summed E-state index contributed by atoms with van der Waals surface area (Å²) in [5.74, 6) is -1.13. The molecule has 1 aliphatic heterocycles. The summed E-state index contributed by atoms with van der Waals surface area (Å²) >= 11 is 11.1. The molecule has 0 aromatic rings. The average Bonchev–Trinajstić information content (AvgIpc) is 2.44. The molecule has 204 valence electrons. The maximum atomic E-state index is 7.69. The van der Waals surface area contributed by atoms with Gasteiger partial charge in [0.25, 0.3) is 0 Å². The van der Waals surface area contributed by atoms with Crippen LogP contribution in [0.5, 0.6) is 0 Å². The van der Waals surface area contributed by atoms with E-state index in [0.717, 1.165) is 0 Å². The topological polar surface area (TPSA) is 36.9 Å². The summed E-state index contributed by atoms with van der Waals surface area (Å²) in [5, 5.41) is -0.894. The Hall–Kier alpha value is 1.65. The van der Waals surface area contributed by atoms with Crippen LogP contribution in [-0.4, -0.2) is 40.7 Å². The molecule has 1 aliphatic rings. The molecular weight excluding hydrogens is 610 g/mol. The molecule has 0 amide bonds. The van der Waals surface area contributed by atoms with Gasteiger partial charge in [-0.2, -0.15) is 0 Å². The molecule has 0 aliphatic carbocycles. The fraction of sp³-hybridized carbons (Fsp3) is 1.00. The first-order chi connectivity index (χ1) is 14.3. The number of rotatable bonds is 0. The minimum atomic E-state index is -4.29. The van der Waals surface area contributed by atoms with Crippen molar-refractivity contribution in [3.05, 3.63) is 0 Å². The molecular formula is C25H54Cl2O4Si2Sn. The molecule has 2 atom stereocenters. The van der Waals surface area contributed by atoms with Crippen LogP contribution in [0.25, 0.3) is 0 Å². The summed E-state index contributed by atoms with van der Waals surface area (Å²) in [7, 11) is -6.95. The summed E-state index contributed by atoms with van der Waals surface area (Å²) < 4.78 is 28.9. The monoisotopic (exact) mass is 664 g/mol. The van der Waals surface area contributed by atoms with Crippen molar-refractivity contribution >= 4 is 57.1 Å². The third-order valence-corrected chi connectivity index (χ3v) is 40.3. The number of hydrogen-bond acceptors (Lipinski definition) is 4. The predicted octanol–water partition coefficient (Wildman–Crippen LogP) is 9.85.